The molecule has 3 aromatic carbocycles. The molecule has 0 radical (unpaired) electrons. The second kappa shape index (κ2) is 20.8. The average molecular weight is 994 g/mol. The lowest BCUT2D eigenvalue weighted by molar-refractivity contribution is -0.122. The third-order valence-electron chi connectivity index (χ3n) is 14.1. The van der Waals surface area contributed by atoms with Crippen molar-refractivity contribution in [3.63, 3.8) is 0 Å². The number of aromatic nitrogens is 3. The Labute approximate surface area is 428 Å². The molecule has 0 fully saturated rings. The first-order valence-electron chi connectivity index (χ1n) is 25.7. The van der Waals surface area contributed by atoms with Crippen LogP contribution in [0.4, 0.5) is 0 Å². The maximum absolute atomic E-state index is 14.7. The average Bonchev–Trinajstić information content (AvgIpc) is 3.22. The van der Waals surface area contributed by atoms with Crippen molar-refractivity contribution in [3.05, 3.63) is 118 Å². The van der Waals surface area contributed by atoms with Gasteiger partial charge in [0, 0.05) is 19.3 Å². The highest BCUT2D eigenvalue weighted by molar-refractivity contribution is 5.84. The number of rotatable bonds is 15. The molecule has 0 spiro atoms. The minimum absolute atomic E-state index is 0.105. The summed E-state index contributed by atoms with van der Waals surface area (Å²) in [4.78, 5) is 87.0. The van der Waals surface area contributed by atoms with Crippen molar-refractivity contribution in [3.8, 4) is 17.2 Å². The molecule has 12 nitrogen and oxygen atoms in total. The van der Waals surface area contributed by atoms with Crippen LogP contribution < -0.4 is 17.1 Å². The van der Waals surface area contributed by atoms with Gasteiger partial charge in [-0.15, -0.1) is 0 Å². The Morgan fingerprint density at radius 2 is 0.514 bits per heavy atom. The van der Waals surface area contributed by atoms with Gasteiger partial charge in [-0.1, -0.05) is 161 Å². The zero-order valence-electron chi connectivity index (χ0n) is 47.6. The highest BCUT2D eigenvalue weighted by Crippen LogP contribution is 2.43. The van der Waals surface area contributed by atoms with Gasteiger partial charge in [0.1, 0.15) is 17.2 Å². The van der Waals surface area contributed by atoms with Crippen LogP contribution in [0.1, 0.15) is 233 Å². The number of hydrogen-bond donors (Lipinski definition) is 3. The van der Waals surface area contributed by atoms with Crippen LogP contribution in [-0.2, 0) is 66.1 Å². The lowest BCUT2D eigenvalue weighted by atomic mass is 9.78. The fourth-order valence-electron chi connectivity index (χ4n) is 9.39. The van der Waals surface area contributed by atoms with Gasteiger partial charge in [-0.2, -0.15) is 0 Å². The van der Waals surface area contributed by atoms with Gasteiger partial charge in [0.05, 0.1) is 18.1 Å². The minimum atomic E-state index is -1.40. The zero-order chi connectivity index (χ0) is 55.3. The van der Waals surface area contributed by atoms with Gasteiger partial charge in [-0.05, 0) is 123 Å². The highest BCUT2D eigenvalue weighted by atomic mass is 16.3. The first kappa shape index (κ1) is 59.0. The number of carbonyl (C=O) groups excluding carboxylic acids is 3. The molecule has 3 atom stereocenters. The van der Waals surface area contributed by atoms with E-state index in [1.807, 2.05) is 161 Å². The molecule has 4 aromatic rings. The third kappa shape index (κ3) is 13.0. The van der Waals surface area contributed by atoms with E-state index in [4.69, 9.17) is 0 Å². The highest BCUT2D eigenvalue weighted by Gasteiger charge is 2.34. The van der Waals surface area contributed by atoms with Crippen LogP contribution in [0.3, 0.4) is 0 Å². The molecule has 72 heavy (non-hydrogen) atoms. The number of ketones is 3. The summed E-state index contributed by atoms with van der Waals surface area (Å²) in [6.07, 6.45) is 0.348. The van der Waals surface area contributed by atoms with E-state index in [1.54, 1.807) is 0 Å². The Balaban J connectivity index is 1.84. The second-order valence-corrected chi connectivity index (χ2v) is 26.5. The molecule has 0 aliphatic heterocycles. The Morgan fingerprint density at radius 3 is 0.653 bits per heavy atom. The van der Waals surface area contributed by atoms with Gasteiger partial charge in [0.15, 0.2) is 17.3 Å². The quantitative estimate of drug-likeness (QED) is 0.105. The zero-order valence-corrected chi connectivity index (χ0v) is 47.6. The first-order chi connectivity index (χ1) is 32.5. The number of benzene rings is 3. The molecule has 1 aromatic heterocycles. The van der Waals surface area contributed by atoms with Gasteiger partial charge in [0.2, 0.25) is 0 Å². The first-order valence-corrected chi connectivity index (χ1v) is 25.7. The lowest BCUT2D eigenvalue weighted by Gasteiger charge is -2.28. The molecule has 0 saturated heterocycles. The van der Waals surface area contributed by atoms with E-state index in [1.165, 1.54) is 20.8 Å². The van der Waals surface area contributed by atoms with Crippen LogP contribution in [0.2, 0.25) is 0 Å². The largest absolute Gasteiger partial charge is 0.507 e. The van der Waals surface area contributed by atoms with E-state index in [0.717, 1.165) is 50.1 Å². The van der Waals surface area contributed by atoms with Crippen molar-refractivity contribution in [2.75, 3.05) is 0 Å². The van der Waals surface area contributed by atoms with Crippen LogP contribution in [0.25, 0.3) is 0 Å². The van der Waals surface area contributed by atoms with Crippen LogP contribution in [-0.4, -0.2) is 46.4 Å². The summed E-state index contributed by atoms with van der Waals surface area (Å²) in [6, 6.07) is 7.05. The molecule has 4 rings (SSSR count). The molecule has 12 heteroatoms. The van der Waals surface area contributed by atoms with Crippen LogP contribution in [0.15, 0.2) is 50.8 Å². The minimum Gasteiger partial charge on any atom is -0.507 e. The number of carbonyl (C=O) groups is 3. The van der Waals surface area contributed by atoms with Crippen molar-refractivity contribution in [1.29, 1.82) is 0 Å². The summed E-state index contributed by atoms with van der Waals surface area (Å²) < 4.78 is 2.10. The van der Waals surface area contributed by atoms with Crippen molar-refractivity contribution in [2.45, 2.75) is 235 Å². The third-order valence-corrected chi connectivity index (χ3v) is 14.1. The van der Waals surface area contributed by atoms with E-state index in [0.29, 0.717) is 13.7 Å². The van der Waals surface area contributed by atoms with E-state index >= 15 is 0 Å². The summed E-state index contributed by atoms with van der Waals surface area (Å²) in [5.74, 6) is -0.876. The molecule has 0 amide bonds. The van der Waals surface area contributed by atoms with Gasteiger partial charge >= 0.3 is 17.1 Å². The van der Waals surface area contributed by atoms with E-state index in [2.05, 4.69) is 0 Å². The van der Waals surface area contributed by atoms with Gasteiger partial charge in [-0.3, -0.25) is 14.4 Å². The maximum Gasteiger partial charge on any atom is 0.337 e. The molecule has 1 heterocycles. The number of phenols is 3. The fourth-order valence-corrected chi connectivity index (χ4v) is 9.39. The summed E-state index contributed by atoms with van der Waals surface area (Å²) in [5.41, 5.74) is 0.734. The van der Waals surface area contributed by atoms with E-state index < -0.39 is 85.0 Å². The predicted octanol–water partition coefficient (Wildman–Crippen LogP) is 11.4. The molecule has 3 N–H and O–H groups in total. The summed E-state index contributed by atoms with van der Waals surface area (Å²) in [5, 5.41) is 34.0. The fraction of sp³-hybridized carbons (Fsp3) is 0.600. The molecule has 0 aliphatic rings. The second-order valence-electron chi connectivity index (χ2n) is 26.5. The van der Waals surface area contributed by atoms with Gasteiger partial charge in [0.25, 0.3) is 0 Å². The van der Waals surface area contributed by atoms with Crippen molar-refractivity contribution in [1.82, 2.24) is 13.7 Å². The maximum atomic E-state index is 14.7. The number of hydrogen-bond acceptors (Lipinski definition) is 9. The lowest BCUT2D eigenvalue weighted by Crippen LogP contribution is -2.58. The SMILES string of the molecule is CC(C(=O)CCc1cc(C(C)(C)C)c(O)c(C(C)(C)C)c1)n1c(=O)n(C(C)C(=O)CCc2cc(C(C)(C)C)c(O)c(C(C)(C)C)c2)c(=O)n(C(C)C(=O)CCc2cc(C(C)(C)C)c(O)c(C(C)(C)C)c2)c1=O. The molecule has 0 bridgehead atoms. The molecule has 0 saturated carbocycles. The summed E-state index contributed by atoms with van der Waals surface area (Å²) >= 11 is 0. The summed E-state index contributed by atoms with van der Waals surface area (Å²) in [7, 11) is 0. The number of aromatic hydroxyl groups is 3. The molecule has 396 valence electrons. The monoisotopic (exact) mass is 994 g/mol. The molecular formula is C60H87N3O9. The van der Waals surface area contributed by atoms with Crippen LogP contribution in [0, 0.1) is 0 Å². The van der Waals surface area contributed by atoms with Crippen LogP contribution in [0.5, 0.6) is 17.2 Å². The van der Waals surface area contributed by atoms with Crippen molar-refractivity contribution >= 4 is 17.3 Å². The number of aryl methyl sites for hydroxylation is 3. The normalized spacial score (nSPS) is 14.3. The smallest absolute Gasteiger partial charge is 0.337 e. The Morgan fingerprint density at radius 1 is 0.361 bits per heavy atom. The Kier molecular flexibility index (Phi) is 17.0. The molecule has 0 aliphatic carbocycles. The number of nitrogens with zero attached hydrogens (tertiary/aromatic N) is 3. The predicted molar refractivity (Wildman–Crippen MR) is 290 cm³/mol. The van der Waals surface area contributed by atoms with Crippen LogP contribution >= 0.6 is 0 Å². The van der Waals surface area contributed by atoms with Crippen molar-refractivity contribution in [2.24, 2.45) is 0 Å². The summed E-state index contributed by atoms with van der Waals surface area (Å²) in [6.45, 7) is 40.1. The topological polar surface area (TPSA) is 178 Å². The van der Waals surface area contributed by atoms with E-state index in [9.17, 15) is 44.1 Å². The standard InChI is InChI=1S/C60H87N3O9/c1-34(46(64)25-22-37-28-40(55(4,5)6)49(67)41(29-37)56(7,8)9)61-52(70)62(35(2)47(65)26-23-38-30-42(57(10,11)12)50(68)43(31-38)58(13,14)15)54(72)63(53(61)71)36(3)48(66)27-24-39-32-44(59(16,17)18)51(69)45(33-39)60(19,20)21/h28-36,67-69H,22-27H2,1-21H3. The van der Waals surface area contributed by atoms with E-state index in [-0.39, 0.29) is 55.8 Å². The Hall–Kier alpha value is -5.52. The van der Waals surface area contributed by atoms with Crippen molar-refractivity contribution < 1.29 is 29.7 Å². The molecule has 3 unspecified atom stereocenters. The number of phenolic OH excluding ortho intramolecular Hbond substituents is 3. The molecular weight excluding hydrogens is 907 g/mol. The van der Waals surface area contributed by atoms with Gasteiger partial charge in [-0.25, -0.2) is 28.1 Å². The Bertz CT molecular complexity index is 2450. The number of Topliss-reactive ketones (excluding diaryl/α,β-unsaturated/α-hetero) is 3. The van der Waals surface area contributed by atoms with Gasteiger partial charge < -0.3 is 15.3 Å².